The van der Waals surface area contributed by atoms with E-state index in [-0.39, 0.29) is 11.9 Å². The van der Waals surface area contributed by atoms with Crippen LogP contribution in [-0.4, -0.2) is 21.9 Å². The van der Waals surface area contributed by atoms with Crippen LogP contribution in [0.1, 0.15) is 58.7 Å². The van der Waals surface area contributed by atoms with E-state index in [1.807, 2.05) is 19.1 Å². The van der Waals surface area contributed by atoms with Crippen LogP contribution in [0.2, 0.25) is 0 Å². The maximum Gasteiger partial charge on any atom is 0.270 e. The van der Waals surface area contributed by atoms with Gasteiger partial charge >= 0.3 is 0 Å². The standard InChI is InChI=1S/C25H25N3OS2/c1-16-26-23(15-31-16)18-9-7-17(8-10-18)13-19-14-22(28-21-11-12-30-24(19)21)25(29)27-20-5-3-2-4-6-20/h7-12,14-15,20H,2-6,13H2,1H3,(H,27,29). The molecular formula is C25H25N3OS2. The topological polar surface area (TPSA) is 54.9 Å². The average Bonchev–Trinajstić information content (AvgIpc) is 3.44. The van der Waals surface area contributed by atoms with Gasteiger partial charge in [0.2, 0.25) is 0 Å². The highest BCUT2D eigenvalue weighted by Crippen LogP contribution is 2.28. The number of thiophene rings is 1. The Hall–Kier alpha value is -2.57. The van der Waals surface area contributed by atoms with Crippen molar-refractivity contribution >= 4 is 38.8 Å². The summed E-state index contributed by atoms with van der Waals surface area (Å²) in [6.07, 6.45) is 6.59. The maximum absolute atomic E-state index is 12.9. The first-order chi connectivity index (χ1) is 15.2. The zero-order valence-corrected chi connectivity index (χ0v) is 19.2. The lowest BCUT2D eigenvalue weighted by atomic mass is 9.95. The molecule has 1 saturated carbocycles. The molecule has 1 fully saturated rings. The van der Waals surface area contributed by atoms with Gasteiger partial charge in [-0.25, -0.2) is 9.97 Å². The molecule has 3 aromatic heterocycles. The van der Waals surface area contributed by atoms with Crippen LogP contribution >= 0.6 is 22.7 Å². The molecule has 31 heavy (non-hydrogen) atoms. The third-order valence-corrected chi connectivity index (χ3v) is 7.68. The molecule has 1 N–H and O–H groups in total. The minimum absolute atomic E-state index is 0.0458. The zero-order valence-electron chi connectivity index (χ0n) is 17.6. The van der Waals surface area contributed by atoms with Crippen molar-refractivity contribution in [2.24, 2.45) is 0 Å². The first kappa shape index (κ1) is 20.3. The fraction of sp³-hybridized carbons (Fsp3) is 0.320. The Morgan fingerprint density at radius 2 is 1.87 bits per heavy atom. The van der Waals surface area contributed by atoms with Crippen LogP contribution < -0.4 is 5.32 Å². The quantitative estimate of drug-likeness (QED) is 0.386. The Bertz CT molecular complexity index is 1200. The summed E-state index contributed by atoms with van der Waals surface area (Å²) in [6.45, 7) is 2.03. The number of fused-ring (bicyclic) bond motifs is 1. The molecule has 0 spiro atoms. The van der Waals surface area contributed by atoms with Crippen molar-refractivity contribution in [3.8, 4) is 11.3 Å². The van der Waals surface area contributed by atoms with Crippen molar-refractivity contribution in [2.45, 2.75) is 51.5 Å². The second kappa shape index (κ2) is 8.89. The summed E-state index contributed by atoms with van der Waals surface area (Å²) < 4.78 is 1.16. The van der Waals surface area contributed by atoms with E-state index in [4.69, 9.17) is 0 Å². The third kappa shape index (κ3) is 4.55. The van der Waals surface area contributed by atoms with Gasteiger partial charge in [-0.3, -0.25) is 4.79 Å². The lowest BCUT2D eigenvalue weighted by Gasteiger charge is -2.22. The fourth-order valence-electron chi connectivity index (χ4n) is 4.29. The lowest BCUT2D eigenvalue weighted by Crippen LogP contribution is -2.36. The van der Waals surface area contributed by atoms with Gasteiger partial charge in [0.15, 0.2) is 0 Å². The molecule has 0 bridgehead atoms. The van der Waals surface area contributed by atoms with E-state index < -0.39 is 0 Å². The van der Waals surface area contributed by atoms with Crippen molar-refractivity contribution in [3.05, 3.63) is 69.0 Å². The highest BCUT2D eigenvalue weighted by Gasteiger charge is 2.19. The van der Waals surface area contributed by atoms with Gasteiger partial charge in [-0.1, -0.05) is 43.5 Å². The van der Waals surface area contributed by atoms with Gasteiger partial charge in [-0.2, -0.15) is 0 Å². The average molecular weight is 448 g/mol. The molecule has 1 aliphatic carbocycles. The van der Waals surface area contributed by atoms with Crippen LogP contribution in [0.5, 0.6) is 0 Å². The molecule has 0 saturated heterocycles. The number of hydrogen-bond acceptors (Lipinski definition) is 5. The number of carbonyl (C=O) groups is 1. The van der Waals surface area contributed by atoms with Crippen molar-refractivity contribution < 1.29 is 4.79 Å². The van der Waals surface area contributed by atoms with Crippen LogP contribution in [0.15, 0.2) is 47.2 Å². The second-order valence-corrected chi connectivity index (χ2v) is 10.2. The van der Waals surface area contributed by atoms with E-state index in [0.717, 1.165) is 51.3 Å². The summed E-state index contributed by atoms with van der Waals surface area (Å²) in [4.78, 5) is 22.1. The molecule has 6 heteroatoms. The number of aromatic nitrogens is 2. The minimum atomic E-state index is -0.0458. The summed E-state index contributed by atoms with van der Waals surface area (Å²) in [6, 6.07) is 12.9. The van der Waals surface area contributed by atoms with E-state index in [1.54, 1.807) is 22.7 Å². The lowest BCUT2D eigenvalue weighted by molar-refractivity contribution is 0.0923. The number of thiazole rings is 1. The second-order valence-electron chi connectivity index (χ2n) is 8.24. The van der Waals surface area contributed by atoms with Gasteiger partial charge in [-0.15, -0.1) is 22.7 Å². The number of rotatable bonds is 5. The molecule has 0 atom stereocenters. The van der Waals surface area contributed by atoms with Gasteiger partial charge in [0.25, 0.3) is 5.91 Å². The maximum atomic E-state index is 12.9. The fourth-order valence-corrected chi connectivity index (χ4v) is 5.76. The Morgan fingerprint density at radius 3 is 2.61 bits per heavy atom. The predicted octanol–water partition coefficient (Wildman–Crippen LogP) is 6.38. The number of aryl methyl sites for hydroxylation is 1. The number of nitrogens with zero attached hydrogens (tertiary/aromatic N) is 2. The van der Waals surface area contributed by atoms with Crippen LogP contribution in [0.25, 0.3) is 21.5 Å². The Balaban J connectivity index is 1.38. The summed E-state index contributed by atoms with van der Waals surface area (Å²) in [7, 11) is 0. The summed E-state index contributed by atoms with van der Waals surface area (Å²) in [5.74, 6) is -0.0458. The van der Waals surface area contributed by atoms with Crippen LogP contribution in [0.4, 0.5) is 0 Å². The van der Waals surface area contributed by atoms with Gasteiger partial charge in [-0.05, 0) is 54.8 Å². The van der Waals surface area contributed by atoms with Crippen molar-refractivity contribution in [2.75, 3.05) is 0 Å². The third-order valence-electron chi connectivity index (χ3n) is 5.92. The molecule has 1 aliphatic rings. The number of amides is 1. The van der Waals surface area contributed by atoms with E-state index in [9.17, 15) is 4.79 Å². The van der Waals surface area contributed by atoms with Gasteiger partial charge in [0.1, 0.15) is 5.69 Å². The molecule has 1 aromatic carbocycles. The van der Waals surface area contributed by atoms with Crippen molar-refractivity contribution in [1.29, 1.82) is 0 Å². The highest BCUT2D eigenvalue weighted by molar-refractivity contribution is 7.17. The van der Waals surface area contributed by atoms with E-state index in [1.165, 1.54) is 24.8 Å². The SMILES string of the molecule is Cc1nc(-c2ccc(Cc3cc(C(=O)NC4CCCCC4)nc4ccsc34)cc2)cs1. The molecule has 0 radical (unpaired) electrons. The van der Waals surface area contributed by atoms with E-state index >= 15 is 0 Å². The highest BCUT2D eigenvalue weighted by atomic mass is 32.1. The molecular weight excluding hydrogens is 422 g/mol. The number of benzene rings is 1. The molecule has 0 aliphatic heterocycles. The molecule has 5 rings (SSSR count). The van der Waals surface area contributed by atoms with E-state index in [2.05, 4.69) is 50.3 Å². The Labute approximate surface area is 190 Å². The van der Waals surface area contributed by atoms with Gasteiger partial charge < -0.3 is 5.32 Å². The zero-order chi connectivity index (χ0) is 21.2. The number of nitrogens with one attached hydrogen (secondary N) is 1. The summed E-state index contributed by atoms with van der Waals surface area (Å²) >= 11 is 3.36. The smallest absolute Gasteiger partial charge is 0.270 e. The molecule has 3 heterocycles. The first-order valence-electron chi connectivity index (χ1n) is 10.8. The minimum Gasteiger partial charge on any atom is -0.348 e. The largest absolute Gasteiger partial charge is 0.348 e. The normalized spacial score (nSPS) is 14.7. The van der Waals surface area contributed by atoms with Crippen molar-refractivity contribution in [1.82, 2.24) is 15.3 Å². The molecule has 4 nitrogen and oxygen atoms in total. The Morgan fingerprint density at radius 1 is 1.06 bits per heavy atom. The molecule has 1 amide bonds. The van der Waals surface area contributed by atoms with Crippen LogP contribution in [-0.2, 0) is 6.42 Å². The van der Waals surface area contributed by atoms with Crippen LogP contribution in [0, 0.1) is 6.92 Å². The van der Waals surface area contributed by atoms with E-state index in [0.29, 0.717) is 5.69 Å². The molecule has 0 unspecified atom stereocenters. The summed E-state index contributed by atoms with van der Waals surface area (Å²) in [5.41, 5.74) is 5.98. The number of hydrogen-bond donors (Lipinski definition) is 1. The first-order valence-corrected chi connectivity index (χ1v) is 12.6. The van der Waals surface area contributed by atoms with Gasteiger partial charge in [0.05, 0.1) is 20.9 Å². The predicted molar refractivity (Wildman–Crippen MR) is 129 cm³/mol. The number of pyridine rings is 1. The molecule has 158 valence electrons. The molecule has 4 aromatic rings. The van der Waals surface area contributed by atoms with Gasteiger partial charge in [0, 0.05) is 17.0 Å². The number of carbonyl (C=O) groups excluding carboxylic acids is 1. The summed E-state index contributed by atoms with van der Waals surface area (Å²) in [5, 5.41) is 8.44. The Kier molecular flexibility index (Phi) is 5.83. The van der Waals surface area contributed by atoms with Crippen LogP contribution in [0.3, 0.4) is 0 Å². The van der Waals surface area contributed by atoms with Crippen molar-refractivity contribution in [3.63, 3.8) is 0 Å². The monoisotopic (exact) mass is 447 g/mol.